The Labute approximate surface area is 145 Å². The van der Waals surface area contributed by atoms with Crippen molar-refractivity contribution in [1.29, 1.82) is 0 Å². The summed E-state index contributed by atoms with van der Waals surface area (Å²) in [5.74, 6) is 0.609. The van der Waals surface area contributed by atoms with Gasteiger partial charge in [0.1, 0.15) is 0 Å². The Morgan fingerprint density at radius 1 is 1.17 bits per heavy atom. The molecule has 0 spiro atoms. The number of hydrogen-bond acceptors (Lipinski definition) is 5. The van der Waals surface area contributed by atoms with Crippen LogP contribution < -0.4 is 14.8 Å². The second kappa shape index (κ2) is 6.55. The number of halogens is 1. The number of nitrogens with one attached hydrogen (secondary N) is 1. The smallest absolute Gasteiger partial charge is 0.261 e. The van der Waals surface area contributed by atoms with Crippen LogP contribution in [-0.2, 0) is 0 Å². The molecular formula is C16H13BrN2O3S. The molecule has 0 unspecified atom stereocenters. The lowest BCUT2D eigenvalue weighted by atomic mass is 10.1. The zero-order valence-corrected chi connectivity index (χ0v) is 14.8. The van der Waals surface area contributed by atoms with Crippen molar-refractivity contribution in [2.24, 2.45) is 0 Å². The summed E-state index contributed by atoms with van der Waals surface area (Å²) in [6, 6.07) is 11.0. The molecule has 1 aromatic heterocycles. The number of methoxy groups -OCH3 is 2. The topological polar surface area (TPSA) is 60.5 Å². The predicted molar refractivity (Wildman–Crippen MR) is 94.8 cm³/mol. The van der Waals surface area contributed by atoms with Gasteiger partial charge < -0.3 is 9.47 Å². The molecule has 0 fully saturated rings. The van der Waals surface area contributed by atoms with Crippen LogP contribution in [0.15, 0.2) is 40.9 Å². The van der Waals surface area contributed by atoms with E-state index in [4.69, 9.17) is 9.47 Å². The number of nitrogens with zero attached hydrogens (tertiary/aromatic N) is 1. The first-order valence-corrected chi connectivity index (χ1v) is 8.32. The molecule has 0 aliphatic rings. The van der Waals surface area contributed by atoms with Gasteiger partial charge in [-0.3, -0.25) is 10.1 Å². The van der Waals surface area contributed by atoms with Crippen molar-refractivity contribution in [2.75, 3.05) is 19.5 Å². The van der Waals surface area contributed by atoms with Gasteiger partial charge >= 0.3 is 0 Å². The van der Waals surface area contributed by atoms with Gasteiger partial charge in [0.2, 0.25) is 0 Å². The Hall–Kier alpha value is -2.12. The molecule has 0 atom stereocenters. The van der Waals surface area contributed by atoms with Crippen LogP contribution in [0.1, 0.15) is 10.4 Å². The lowest BCUT2D eigenvalue weighted by molar-refractivity contribution is 0.102. The minimum Gasteiger partial charge on any atom is -0.493 e. The van der Waals surface area contributed by atoms with Crippen molar-refractivity contribution < 1.29 is 14.3 Å². The monoisotopic (exact) mass is 392 g/mol. The lowest BCUT2D eigenvalue weighted by Crippen LogP contribution is -2.13. The molecule has 1 heterocycles. The van der Waals surface area contributed by atoms with Gasteiger partial charge in [0.05, 0.1) is 30.0 Å². The van der Waals surface area contributed by atoms with E-state index < -0.39 is 0 Å². The van der Waals surface area contributed by atoms with Gasteiger partial charge in [-0.05, 0) is 40.2 Å². The molecule has 0 saturated carbocycles. The number of carbonyl (C=O) groups excluding carboxylic acids is 1. The molecule has 3 aromatic rings. The Morgan fingerprint density at radius 3 is 2.65 bits per heavy atom. The molecule has 1 N–H and O–H groups in total. The van der Waals surface area contributed by atoms with Gasteiger partial charge in [-0.1, -0.05) is 23.5 Å². The first-order valence-electron chi connectivity index (χ1n) is 6.71. The van der Waals surface area contributed by atoms with E-state index in [2.05, 4.69) is 26.2 Å². The molecule has 0 aliphatic heterocycles. The van der Waals surface area contributed by atoms with Gasteiger partial charge in [0.25, 0.3) is 5.91 Å². The van der Waals surface area contributed by atoms with Crippen LogP contribution in [0.25, 0.3) is 10.2 Å². The van der Waals surface area contributed by atoms with Gasteiger partial charge in [-0.25, -0.2) is 4.98 Å². The van der Waals surface area contributed by atoms with E-state index in [1.807, 2.05) is 18.2 Å². The number of hydrogen-bond donors (Lipinski definition) is 1. The summed E-state index contributed by atoms with van der Waals surface area (Å²) in [6.07, 6.45) is 0. The molecule has 118 valence electrons. The molecule has 7 heteroatoms. The fourth-order valence-electron chi connectivity index (χ4n) is 2.20. The number of anilines is 1. The molecular weight excluding hydrogens is 380 g/mol. The highest BCUT2D eigenvalue weighted by Gasteiger charge is 2.18. The maximum Gasteiger partial charge on any atom is 0.261 e. The largest absolute Gasteiger partial charge is 0.493 e. The van der Waals surface area contributed by atoms with Crippen LogP contribution in [0.5, 0.6) is 11.5 Å². The zero-order valence-electron chi connectivity index (χ0n) is 12.4. The number of benzene rings is 2. The summed E-state index contributed by atoms with van der Waals surface area (Å²) in [4.78, 5) is 17.0. The van der Waals surface area contributed by atoms with Crippen molar-refractivity contribution in [3.63, 3.8) is 0 Å². The highest BCUT2D eigenvalue weighted by molar-refractivity contribution is 9.10. The number of thiazole rings is 1. The number of amides is 1. The summed E-state index contributed by atoms with van der Waals surface area (Å²) < 4.78 is 12.4. The highest BCUT2D eigenvalue weighted by Crippen LogP contribution is 2.33. The van der Waals surface area contributed by atoms with E-state index in [9.17, 15) is 4.79 Å². The average molecular weight is 393 g/mol. The zero-order chi connectivity index (χ0) is 16.4. The first-order chi connectivity index (χ1) is 11.1. The number of fused-ring (bicyclic) bond motifs is 1. The summed E-state index contributed by atoms with van der Waals surface area (Å²) in [6.45, 7) is 0. The Bertz CT molecular complexity index is 879. The highest BCUT2D eigenvalue weighted by atomic mass is 79.9. The van der Waals surface area contributed by atoms with E-state index in [-0.39, 0.29) is 5.91 Å². The van der Waals surface area contributed by atoms with Crippen LogP contribution in [-0.4, -0.2) is 25.1 Å². The maximum atomic E-state index is 12.5. The van der Waals surface area contributed by atoms with E-state index in [0.29, 0.717) is 22.2 Å². The SMILES string of the molecule is COc1cccc(C(=O)Nc2nc3c(Br)cccc3s2)c1OC. The van der Waals surface area contributed by atoms with Crippen LogP contribution in [0.3, 0.4) is 0 Å². The maximum absolute atomic E-state index is 12.5. The van der Waals surface area contributed by atoms with E-state index in [1.54, 1.807) is 18.2 Å². The molecule has 0 saturated heterocycles. The third-order valence-electron chi connectivity index (χ3n) is 3.24. The van der Waals surface area contributed by atoms with Crippen LogP contribution >= 0.6 is 27.3 Å². The fourth-order valence-corrected chi connectivity index (χ4v) is 3.67. The van der Waals surface area contributed by atoms with Gasteiger partial charge in [0.15, 0.2) is 16.6 Å². The van der Waals surface area contributed by atoms with E-state index >= 15 is 0 Å². The van der Waals surface area contributed by atoms with Gasteiger partial charge in [-0.15, -0.1) is 0 Å². The standard InChI is InChI=1S/C16H13BrN2O3S/c1-21-11-7-3-5-9(14(11)22-2)15(20)19-16-18-13-10(17)6-4-8-12(13)23-16/h3-8H,1-2H3,(H,18,19,20). The number of para-hydroxylation sites is 2. The third kappa shape index (κ3) is 3.02. The van der Waals surface area contributed by atoms with Crippen molar-refractivity contribution in [1.82, 2.24) is 4.98 Å². The van der Waals surface area contributed by atoms with Crippen LogP contribution in [0.4, 0.5) is 5.13 Å². The Morgan fingerprint density at radius 2 is 1.96 bits per heavy atom. The Kier molecular flexibility index (Phi) is 4.49. The van der Waals surface area contributed by atoms with Crippen LogP contribution in [0, 0.1) is 0 Å². The molecule has 0 radical (unpaired) electrons. The minimum absolute atomic E-state index is 0.295. The van der Waals surface area contributed by atoms with Crippen molar-refractivity contribution in [2.45, 2.75) is 0 Å². The molecule has 5 nitrogen and oxygen atoms in total. The summed E-state index contributed by atoms with van der Waals surface area (Å²) >= 11 is 4.87. The van der Waals surface area contributed by atoms with Crippen LogP contribution in [0.2, 0.25) is 0 Å². The predicted octanol–water partition coefficient (Wildman–Crippen LogP) is 4.33. The van der Waals surface area contributed by atoms with E-state index in [0.717, 1.165) is 14.7 Å². The van der Waals surface area contributed by atoms with Crippen molar-refractivity contribution >= 4 is 48.5 Å². The normalized spacial score (nSPS) is 10.6. The lowest BCUT2D eigenvalue weighted by Gasteiger charge is -2.11. The summed E-state index contributed by atoms with van der Waals surface area (Å²) in [5, 5.41) is 3.34. The van der Waals surface area contributed by atoms with E-state index in [1.165, 1.54) is 25.6 Å². The second-order valence-corrected chi connectivity index (χ2v) is 6.49. The molecule has 23 heavy (non-hydrogen) atoms. The summed E-state index contributed by atoms with van der Waals surface area (Å²) in [5.41, 5.74) is 1.22. The fraction of sp³-hybridized carbons (Fsp3) is 0.125. The Balaban J connectivity index is 1.93. The quantitative estimate of drug-likeness (QED) is 0.717. The number of aromatic nitrogens is 1. The first kappa shape index (κ1) is 15.8. The minimum atomic E-state index is -0.295. The average Bonchev–Trinajstić information content (AvgIpc) is 2.97. The second-order valence-electron chi connectivity index (χ2n) is 4.60. The number of ether oxygens (including phenoxy) is 2. The van der Waals surface area contributed by atoms with Gasteiger partial charge in [0, 0.05) is 4.47 Å². The molecule has 3 rings (SSSR count). The molecule has 2 aromatic carbocycles. The molecule has 0 aliphatic carbocycles. The van der Waals surface area contributed by atoms with Crippen molar-refractivity contribution in [3.8, 4) is 11.5 Å². The summed E-state index contributed by atoms with van der Waals surface area (Å²) in [7, 11) is 3.04. The molecule has 0 bridgehead atoms. The van der Waals surface area contributed by atoms with Gasteiger partial charge in [-0.2, -0.15) is 0 Å². The number of carbonyl (C=O) groups is 1. The van der Waals surface area contributed by atoms with Crippen molar-refractivity contribution in [3.05, 3.63) is 46.4 Å². The molecule has 1 amide bonds. The third-order valence-corrected chi connectivity index (χ3v) is 4.81. The number of rotatable bonds is 4.